The van der Waals surface area contributed by atoms with Crippen molar-refractivity contribution >= 4 is 21.8 Å². The molecular formula is C15H16N2O. The van der Waals surface area contributed by atoms with Crippen LogP contribution in [0.5, 0.6) is 0 Å². The molecule has 3 aromatic rings. The second kappa shape index (κ2) is 4.10. The monoisotopic (exact) mass is 240 g/mol. The number of aromatic nitrogens is 2. The molecular weight excluding hydrogens is 224 g/mol. The van der Waals surface area contributed by atoms with Gasteiger partial charge in [0.2, 0.25) is 0 Å². The molecule has 92 valence electrons. The third kappa shape index (κ3) is 1.51. The van der Waals surface area contributed by atoms with E-state index in [0.29, 0.717) is 11.7 Å². The van der Waals surface area contributed by atoms with Gasteiger partial charge in [-0.1, -0.05) is 18.2 Å². The quantitative estimate of drug-likeness (QED) is 0.746. The van der Waals surface area contributed by atoms with Gasteiger partial charge in [-0.15, -0.1) is 0 Å². The average molecular weight is 240 g/mol. The highest BCUT2D eigenvalue weighted by atomic mass is 16.3. The lowest BCUT2D eigenvalue weighted by atomic mass is 10.2. The van der Waals surface area contributed by atoms with Crippen LogP contribution >= 0.6 is 0 Å². The standard InChI is InChI=1S/C15H16N2O/c1-10(2)17-14-6-4-3-5-12(14)13-7-11(9-18)16-8-15(13)17/h3-8,10,18H,9H2,1-2H3. The lowest BCUT2D eigenvalue weighted by Crippen LogP contribution is -2.00. The Morgan fingerprint density at radius 2 is 1.94 bits per heavy atom. The van der Waals surface area contributed by atoms with Crippen LogP contribution < -0.4 is 0 Å². The van der Waals surface area contributed by atoms with Crippen LogP contribution in [0.4, 0.5) is 0 Å². The fraction of sp³-hybridized carbons (Fsp3) is 0.267. The van der Waals surface area contributed by atoms with Crippen LogP contribution in [0.25, 0.3) is 21.8 Å². The highest BCUT2D eigenvalue weighted by Crippen LogP contribution is 2.31. The van der Waals surface area contributed by atoms with Gasteiger partial charge in [-0.3, -0.25) is 4.98 Å². The molecule has 0 aliphatic carbocycles. The number of hydrogen-bond acceptors (Lipinski definition) is 2. The Kier molecular flexibility index (Phi) is 2.56. The van der Waals surface area contributed by atoms with Crippen molar-refractivity contribution in [3.63, 3.8) is 0 Å². The van der Waals surface area contributed by atoms with Gasteiger partial charge in [0.1, 0.15) is 0 Å². The minimum Gasteiger partial charge on any atom is -0.390 e. The fourth-order valence-electron chi connectivity index (χ4n) is 2.58. The van der Waals surface area contributed by atoms with Crippen molar-refractivity contribution in [3.05, 3.63) is 42.2 Å². The molecule has 0 atom stereocenters. The first kappa shape index (κ1) is 11.2. The molecule has 0 fully saturated rings. The molecule has 0 bridgehead atoms. The molecule has 0 aliphatic rings. The number of pyridine rings is 1. The Bertz CT molecular complexity index is 713. The summed E-state index contributed by atoms with van der Waals surface area (Å²) in [5.74, 6) is 0. The van der Waals surface area contributed by atoms with Crippen LogP contribution in [0.2, 0.25) is 0 Å². The number of nitrogens with zero attached hydrogens (tertiary/aromatic N) is 2. The van der Waals surface area contributed by atoms with Crippen LogP contribution in [-0.4, -0.2) is 14.7 Å². The van der Waals surface area contributed by atoms with Gasteiger partial charge in [-0.2, -0.15) is 0 Å². The van der Waals surface area contributed by atoms with E-state index >= 15 is 0 Å². The van der Waals surface area contributed by atoms with E-state index in [1.165, 1.54) is 16.3 Å². The van der Waals surface area contributed by atoms with Gasteiger partial charge in [-0.25, -0.2) is 0 Å². The molecule has 2 aromatic heterocycles. The first-order valence-corrected chi connectivity index (χ1v) is 6.21. The summed E-state index contributed by atoms with van der Waals surface area (Å²) in [6, 6.07) is 10.7. The van der Waals surface area contributed by atoms with Gasteiger partial charge in [0.25, 0.3) is 0 Å². The summed E-state index contributed by atoms with van der Waals surface area (Å²) in [7, 11) is 0. The normalized spacial score (nSPS) is 11.8. The molecule has 0 spiro atoms. The molecule has 3 heteroatoms. The Hall–Kier alpha value is -1.87. The van der Waals surface area contributed by atoms with E-state index in [-0.39, 0.29) is 6.61 Å². The third-order valence-electron chi connectivity index (χ3n) is 3.33. The van der Waals surface area contributed by atoms with Gasteiger partial charge >= 0.3 is 0 Å². The van der Waals surface area contributed by atoms with Crippen molar-refractivity contribution in [1.82, 2.24) is 9.55 Å². The van der Waals surface area contributed by atoms with E-state index in [1.807, 2.05) is 18.3 Å². The number of rotatable bonds is 2. The van der Waals surface area contributed by atoms with Crippen LogP contribution in [0.3, 0.4) is 0 Å². The van der Waals surface area contributed by atoms with Crippen molar-refractivity contribution in [2.75, 3.05) is 0 Å². The molecule has 1 N–H and O–H groups in total. The number of aliphatic hydroxyl groups excluding tert-OH is 1. The Morgan fingerprint density at radius 1 is 1.17 bits per heavy atom. The predicted molar refractivity (Wildman–Crippen MR) is 73.5 cm³/mol. The SMILES string of the molecule is CC(C)n1c2ccccc2c2cc(CO)ncc21. The van der Waals surface area contributed by atoms with Crippen molar-refractivity contribution < 1.29 is 5.11 Å². The van der Waals surface area contributed by atoms with Gasteiger partial charge in [-0.05, 0) is 26.0 Å². The summed E-state index contributed by atoms with van der Waals surface area (Å²) < 4.78 is 2.29. The van der Waals surface area contributed by atoms with Crippen molar-refractivity contribution in [3.8, 4) is 0 Å². The van der Waals surface area contributed by atoms with Gasteiger partial charge < -0.3 is 9.67 Å². The minimum absolute atomic E-state index is 0.0167. The maximum Gasteiger partial charge on any atom is 0.0853 e. The van der Waals surface area contributed by atoms with E-state index in [4.69, 9.17) is 0 Å². The fourth-order valence-corrected chi connectivity index (χ4v) is 2.58. The first-order chi connectivity index (χ1) is 8.72. The van der Waals surface area contributed by atoms with Gasteiger partial charge in [0, 0.05) is 22.3 Å². The predicted octanol–water partition coefficient (Wildman–Crippen LogP) is 3.26. The lowest BCUT2D eigenvalue weighted by molar-refractivity contribution is 0.277. The average Bonchev–Trinajstić information content (AvgIpc) is 2.72. The van der Waals surface area contributed by atoms with Crippen molar-refractivity contribution in [2.45, 2.75) is 26.5 Å². The maximum absolute atomic E-state index is 9.22. The molecule has 0 saturated heterocycles. The Balaban J connectivity index is 2.49. The zero-order valence-corrected chi connectivity index (χ0v) is 10.6. The van der Waals surface area contributed by atoms with E-state index in [0.717, 1.165) is 5.52 Å². The second-order valence-corrected chi connectivity index (χ2v) is 4.83. The second-order valence-electron chi connectivity index (χ2n) is 4.83. The zero-order chi connectivity index (χ0) is 12.7. The molecule has 0 radical (unpaired) electrons. The van der Waals surface area contributed by atoms with Crippen LogP contribution in [0.15, 0.2) is 36.5 Å². The van der Waals surface area contributed by atoms with Crippen LogP contribution in [0.1, 0.15) is 25.6 Å². The van der Waals surface area contributed by atoms with E-state index in [1.54, 1.807) is 0 Å². The van der Waals surface area contributed by atoms with E-state index < -0.39 is 0 Å². The maximum atomic E-state index is 9.22. The largest absolute Gasteiger partial charge is 0.390 e. The molecule has 0 amide bonds. The highest BCUT2D eigenvalue weighted by molar-refractivity contribution is 6.07. The van der Waals surface area contributed by atoms with Crippen LogP contribution in [0, 0.1) is 0 Å². The lowest BCUT2D eigenvalue weighted by Gasteiger charge is -2.11. The molecule has 0 aliphatic heterocycles. The van der Waals surface area contributed by atoms with Gasteiger partial charge in [0.05, 0.1) is 24.0 Å². The number of fused-ring (bicyclic) bond motifs is 3. The molecule has 0 unspecified atom stereocenters. The summed E-state index contributed by atoms with van der Waals surface area (Å²) in [5, 5.41) is 11.6. The van der Waals surface area contributed by atoms with Crippen molar-refractivity contribution in [1.29, 1.82) is 0 Å². The number of benzene rings is 1. The minimum atomic E-state index is -0.0167. The molecule has 1 aromatic carbocycles. The molecule has 0 saturated carbocycles. The third-order valence-corrected chi connectivity index (χ3v) is 3.33. The highest BCUT2D eigenvalue weighted by Gasteiger charge is 2.12. The summed E-state index contributed by atoms with van der Waals surface area (Å²) in [6.07, 6.45) is 1.86. The van der Waals surface area contributed by atoms with Gasteiger partial charge in [0.15, 0.2) is 0 Å². The smallest absolute Gasteiger partial charge is 0.0853 e. The zero-order valence-electron chi connectivity index (χ0n) is 10.6. The summed E-state index contributed by atoms with van der Waals surface area (Å²) in [6.45, 7) is 4.33. The molecule has 3 rings (SSSR count). The van der Waals surface area contributed by atoms with E-state index in [2.05, 4.69) is 41.6 Å². The number of hydrogen-bond donors (Lipinski definition) is 1. The topological polar surface area (TPSA) is 38.0 Å². The summed E-state index contributed by atoms with van der Waals surface area (Å²) in [5.41, 5.74) is 3.07. The number of aliphatic hydroxyl groups is 1. The number of para-hydroxylation sites is 1. The summed E-state index contributed by atoms with van der Waals surface area (Å²) in [4.78, 5) is 4.29. The molecule has 3 nitrogen and oxygen atoms in total. The van der Waals surface area contributed by atoms with E-state index in [9.17, 15) is 5.11 Å². The molecule has 2 heterocycles. The Morgan fingerprint density at radius 3 is 2.67 bits per heavy atom. The Labute approximate surface area is 106 Å². The van der Waals surface area contributed by atoms with Crippen molar-refractivity contribution in [2.24, 2.45) is 0 Å². The first-order valence-electron chi connectivity index (χ1n) is 6.21. The van der Waals surface area contributed by atoms with Crippen LogP contribution in [-0.2, 0) is 6.61 Å². The summed E-state index contributed by atoms with van der Waals surface area (Å²) >= 11 is 0. The molecule has 18 heavy (non-hydrogen) atoms.